The second kappa shape index (κ2) is 12.4. The van der Waals surface area contributed by atoms with Crippen molar-refractivity contribution >= 4 is 5.91 Å². The summed E-state index contributed by atoms with van der Waals surface area (Å²) in [5.41, 5.74) is -0.842. The summed E-state index contributed by atoms with van der Waals surface area (Å²) in [7, 11) is 0. The van der Waals surface area contributed by atoms with Gasteiger partial charge in [-0.05, 0) is 63.0 Å². The zero-order valence-corrected chi connectivity index (χ0v) is 23.6. The minimum absolute atomic E-state index is 0.170. The van der Waals surface area contributed by atoms with E-state index in [9.17, 15) is 18.0 Å². The second-order valence-electron chi connectivity index (χ2n) is 11.7. The summed E-state index contributed by atoms with van der Waals surface area (Å²) in [5.74, 6) is -1.20. The lowest BCUT2D eigenvalue weighted by atomic mass is 9.78. The molecule has 0 radical (unpaired) electrons. The molecule has 0 aromatic heterocycles. The van der Waals surface area contributed by atoms with Crippen LogP contribution in [0.4, 0.5) is 13.2 Å². The normalized spacial score (nSPS) is 28.0. The maximum atomic E-state index is 13.9. The van der Waals surface area contributed by atoms with Crippen molar-refractivity contribution in [3.8, 4) is 0 Å². The molecule has 2 aromatic carbocycles. The number of halogens is 3. The summed E-state index contributed by atoms with van der Waals surface area (Å²) in [6.07, 6.45) is -3.27. The number of alkyl halides is 3. The number of amides is 1. The zero-order chi connectivity index (χ0) is 29.1. The van der Waals surface area contributed by atoms with Crippen molar-refractivity contribution in [1.82, 2.24) is 10.2 Å². The molecule has 0 spiro atoms. The van der Waals surface area contributed by atoms with Crippen molar-refractivity contribution in [3.05, 3.63) is 71.3 Å². The van der Waals surface area contributed by atoms with Crippen LogP contribution in [-0.2, 0) is 43.1 Å². The molecule has 3 aliphatic rings. The average molecular weight is 577 g/mol. The van der Waals surface area contributed by atoms with E-state index in [1.54, 1.807) is 6.07 Å². The lowest BCUT2D eigenvalue weighted by Gasteiger charge is -2.43. The number of ether oxygens (including phenoxy) is 4. The van der Waals surface area contributed by atoms with E-state index in [-0.39, 0.29) is 25.4 Å². The SMILES string of the molecule is CC1(C)O[C@@H]2C[C@@](OCc3cccc(C(F)(F)F)c3)(C(=O)NCCN3CCCC3)CC(OCc3ccccc3)[C@@H]2O1. The van der Waals surface area contributed by atoms with Gasteiger partial charge in [-0.15, -0.1) is 0 Å². The van der Waals surface area contributed by atoms with Gasteiger partial charge in [0.25, 0.3) is 5.91 Å². The Kier molecular flexibility index (Phi) is 9.06. The molecular formula is C31H39F3N2O5. The topological polar surface area (TPSA) is 69.3 Å². The Morgan fingerprint density at radius 3 is 2.46 bits per heavy atom. The third-order valence-corrected chi connectivity index (χ3v) is 8.05. The number of nitrogens with one attached hydrogen (secondary N) is 1. The number of carbonyl (C=O) groups excluding carboxylic acids is 1. The van der Waals surface area contributed by atoms with E-state index in [1.807, 2.05) is 44.2 Å². The fourth-order valence-electron chi connectivity index (χ4n) is 6.04. The van der Waals surface area contributed by atoms with E-state index in [2.05, 4.69) is 10.2 Å². The molecule has 2 aliphatic heterocycles. The second-order valence-corrected chi connectivity index (χ2v) is 11.7. The van der Waals surface area contributed by atoms with Crippen LogP contribution in [0, 0.1) is 0 Å². The fourth-order valence-corrected chi connectivity index (χ4v) is 6.04. The first kappa shape index (κ1) is 30.0. The van der Waals surface area contributed by atoms with Gasteiger partial charge >= 0.3 is 6.18 Å². The maximum absolute atomic E-state index is 13.9. The molecule has 2 saturated heterocycles. The summed E-state index contributed by atoms with van der Waals surface area (Å²) < 4.78 is 65.3. The molecule has 4 atom stereocenters. The molecular weight excluding hydrogens is 537 g/mol. The van der Waals surface area contributed by atoms with E-state index in [1.165, 1.54) is 6.07 Å². The highest BCUT2D eigenvalue weighted by molar-refractivity contribution is 5.85. The lowest BCUT2D eigenvalue weighted by molar-refractivity contribution is -0.183. The summed E-state index contributed by atoms with van der Waals surface area (Å²) in [6.45, 7) is 6.96. The number of carbonyl (C=O) groups is 1. The lowest BCUT2D eigenvalue weighted by Crippen LogP contribution is -2.60. The van der Waals surface area contributed by atoms with Crippen LogP contribution in [0.1, 0.15) is 56.2 Å². The van der Waals surface area contributed by atoms with Crippen molar-refractivity contribution in [2.24, 2.45) is 0 Å². The van der Waals surface area contributed by atoms with Gasteiger partial charge in [-0.2, -0.15) is 13.2 Å². The molecule has 1 amide bonds. The third kappa shape index (κ3) is 7.48. The van der Waals surface area contributed by atoms with Gasteiger partial charge in [0.15, 0.2) is 11.4 Å². The van der Waals surface area contributed by atoms with Crippen LogP contribution in [0.3, 0.4) is 0 Å². The largest absolute Gasteiger partial charge is 0.416 e. The smallest absolute Gasteiger partial charge is 0.371 e. The predicted molar refractivity (Wildman–Crippen MR) is 146 cm³/mol. The molecule has 2 heterocycles. The number of rotatable bonds is 10. The summed E-state index contributed by atoms with van der Waals surface area (Å²) >= 11 is 0. The van der Waals surface area contributed by atoms with E-state index in [0.29, 0.717) is 18.7 Å². The van der Waals surface area contributed by atoms with Crippen molar-refractivity contribution < 1.29 is 36.9 Å². The minimum Gasteiger partial charge on any atom is -0.371 e. The molecule has 224 valence electrons. The molecule has 10 heteroatoms. The van der Waals surface area contributed by atoms with Crippen LogP contribution in [0.5, 0.6) is 0 Å². The highest BCUT2D eigenvalue weighted by atomic mass is 19.4. The molecule has 1 unspecified atom stereocenters. The Hall–Kier alpha value is -2.50. The van der Waals surface area contributed by atoms with Gasteiger partial charge in [0, 0.05) is 25.9 Å². The molecule has 41 heavy (non-hydrogen) atoms. The summed E-state index contributed by atoms with van der Waals surface area (Å²) in [5, 5.41) is 3.05. The Morgan fingerprint density at radius 2 is 1.73 bits per heavy atom. The van der Waals surface area contributed by atoms with Gasteiger partial charge in [-0.25, -0.2) is 0 Å². The molecule has 1 saturated carbocycles. The molecule has 1 N–H and O–H groups in total. The number of nitrogens with zero attached hydrogens (tertiary/aromatic N) is 1. The molecule has 1 aliphatic carbocycles. The van der Waals surface area contributed by atoms with E-state index < -0.39 is 41.4 Å². The van der Waals surface area contributed by atoms with Gasteiger partial charge in [0.1, 0.15) is 6.10 Å². The fraction of sp³-hybridized carbons (Fsp3) is 0.581. The van der Waals surface area contributed by atoms with Crippen LogP contribution in [-0.4, -0.2) is 66.7 Å². The van der Waals surface area contributed by atoms with Crippen LogP contribution in [0.2, 0.25) is 0 Å². The zero-order valence-electron chi connectivity index (χ0n) is 23.6. The van der Waals surface area contributed by atoms with E-state index in [0.717, 1.165) is 50.2 Å². The Morgan fingerprint density at radius 1 is 1.00 bits per heavy atom. The van der Waals surface area contributed by atoms with Crippen LogP contribution in [0.25, 0.3) is 0 Å². The van der Waals surface area contributed by atoms with Gasteiger partial charge in [0.2, 0.25) is 0 Å². The number of benzene rings is 2. The Balaban J connectivity index is 1.38. The van der Waals surface area contributed by atoms with Crippen LogP contribution in [0.15, 0.2) is 54.6 Å². The van der Waals surface area contributed by atoms with Gasteiger partial charge < -0.3 is 29.2 Å². The Bertz CT molecular complexity index is 1170. The van der Waals surface area contributed by atoms with Crippen LogP contribution < -0.4 is 5.32 Å². The minimum atomic E-state index is -4.48. The van der Waals surface area contributed by atoms with Crippen molar-refractivity contribution in [3.63, 3.8) is 0 Å². The quantitative estimate of drug-likeness (QED) is 0.426. The van der Waals surface area contributed by atoms with Gasteiger partial charge in [0.05, 0.1) is 31.0 Å². The van der Waals surface area contributed by atoms with Crippen LogP contribution >= 0.6 is 0 Å². The first-order chi connectivity index (χ1) is 19.5. The molecule has 0 bridgehead atoms. The van der Waals surface area contributed by atoms with Crippen molar-refractivity contribution in [2.75, 3.05) is 26.2 Å². The predicted octanol–water partition coefficient (Wildman–Crippen LogP) is 5.07. The molecule has 7 nitrogen and oxygen atoms in total. The van der Waals surface area contributed by atoms with E-state index >= 15 is 0 Å². The molecule has 5 rings (SSSR count). The molecule has 2 aromatic rings. The standard InChI is InChI=1S/C31H39F3N2O5/c1-29(2)40-26-19-30(28(37)35-13-16-36-14-6-7-15-36,39-21-23-11-8-12-24(17-23)31(32,33)34)18-25(27(26)41-29)38-20-22-9-4-3-5-10-22/h3-5,8-12,17,25-27H,6-7,13-16,18-21H2,1-2H3,(H,35,37)/t25?,26-,27+,30-/m1/s1. The van der Waals surface area contributed by atoms with Gasteiger partial charge in [-0.3, -0.25) is 4.79 Å². The van der Waals surface area contributed by atoms with Crippen molar-refractivity contribution in [2.45, 2.75) is 88.6 Å². The summed E-state index contributed by atoms with van der Waals surface area (Å²) in [6, 6.07) is 14.7. The third-order valence-electron chi connectivity index (χ3n) is 8.05. The van der Waals surface area contributed by atoms with E-state index in [4.69, 9.17) is 18.9 Å². The average Bonchev–Trinajstić information content (AvgIpc) is 3.57. The number of hydrogen-bond acceptors (Lipinski definition) is 6. The number of likely N-dealkylation sites (tertiary alicyclic amines) is 1. The maximum Gasteiger partial charge on any atom is 0.416 e. The highest BCUT2D eigenvalue weighted by Crippen LogP contribution is 2.44. The first-order valence-corrected chi connectivity index (χ1v) is 14.3. The van der Waals surface area contributed by atoms with Gasteiger partial charge in [-0.1, -0.05) is 42.5 Å². The summed E-state index contributed by atoms with van der Waals surface area (Å²) in [4.78, 5) is 16.2. The Labute approximate surface area is 239 Å². The van der Waals surface area contributed by atoms with Crippen molar-refractivity contribution in [1.29, 1.82) is 0 Å². The number of hydrogen-bond donors (Lipinski definition) is 1. The first-order valence-electron chi connectivity index (χ1n) is 14.3. The molecule has 3 fully saturated rings. The number of fused-ring (bicyclic) bond motifs is 1. The highest BCUT2D eigenvalue weighted by Gasteiger charge is 2.58. The monoisotopic (exact) mass is 576 g/mol.